The number of carboxylic acid groups (broad SMARTS) is 1. The predicted octanol–water partition coefficient (Wildman–Crippen LogP) is 0.466. The molecule has 8 heteroatoms. The number of aromatic carboxylic acids is 1. The van der Waals surface area contributed by atoms with Crippen LogP contribution in [-0.4, -0.2) is 45.2 Å². The van der Waals surface area contributed by atoms with Crippen molar-refractivity contribution in [3.63, 3.8) is 0 Å². The van der Waals surface area contributed by atoms with Crippen molar-refractivity contribution < 1.29 is 14.7 Å². The van der Waals surface area contributed by atoms with Crippen LogP contribution in [0.25, 0.3) is 0 Å². The highest BCUT2D eigenvalue weighted by atomic mass is 16.4. The summed E-state index contributed by atoms with van der Waals surface area (Å²) in [6, 6.07) is -0.211. The van der Waals surface area contributed by atoms with E-state index < -0.39 is 5.97 Å². The maximum atomic E-state index is 11.6. The number of rotatable bonds is 6. The Bertz CT molecular complexity index is 495. The first-order valence-electron chi connectivity index (χ1n) is 6.64. The molecule has 0 radical (unpaired) electrons. The van der Waals surface area contributed by atoms with Crippen molar-refractivity contribution in [2.75, 3.05) is 13.1 Å². The van der Waals surface area contributed by atoms with Gasteiger partial charge >= 0.3 is 12.0 Å². The van der Waals surface area contributed by atoms with Gasteiger partial charge in [0.1, 0.15) is 0 Å². The van der Waals surface area contributed by atoms with Crippen molar-refractivity contribution in [1.82, 2.24) is 25.6 Å². The van der Waals surface area contributed by atoms with Gasteiger partial charge in [-0.25, -0.2) is 14.3 Å². The molecule has 1 heterocycles. The standard InChI is InChI=1S/C12H19N5O3/c1-12(3-2-4-12)8-14-11(20)13-5-6-17-7-9(10(18)19)15-16-17/h7H,2-6,8H2,1H3,(H,18,19)(H2,13,14,20). The largest absolute Gasteiger partial charge is 0.476 e. The molecule has 1 saturated carbocycles. The quantitative estimate of drug-likeness (QED) is 0.702. The Hall–Kier alpha value is -2.12. The third-order valence-electron chi connectivity index (χ3n) is 3.62. The molecule has 0 unspecified atom stereocenters. The van der Waals surface area contributed by atoms with E-state index in [0.717, 1.165) is 12.8 Å². The van der Waals surface area contributed by atoms with E-state index in [2.05, 4.69) is 27.9 Å². The molecule has 8 nitrogen and oxygen atoms in total. The molecule has 1 aromatic heterocycles. The molecular weight excluding hydrogens is 262 g/mol. The first-order valence-corrected chi connectivity index (χ1v) is 6.64. The van der Waals surface area contributed by atoms with Gasteiger partial charge in [-0.15, -0.1) is 5.10 Å². The van der Waals surface area contributed by atoms with Gasteiger partial charge in [-0.2, -0.15) is 0 Å². The van der Waals surface area contributed by atoms with Crippen LogP contribution >= 0.6 is 0 Å². The fourth-order valence-corrected chi connectivity index (χ4v) is 2.10. The molecule has 0 bridgehead atoms. The summed E-state index contributed by atoms with van der Waals surface area (Å²) < 4.78 is 1.39. The van der Waals surface area contributed by atoms with E-state index in [0.29, 0.717) is 19.6 Å². The first kappa shape index (κ1) is 14.3. The van der Waals surface area contributed by atoms with Crippen LogP contribution in [0.5, 0.6) is 0 Å². The van der Waals surface area contributed by atoms with Gasteiger partial charge in [0.15, 0.2) is 5.69 Å². The average molecular weight is 281 g/mol. The summed E-state index contributed by atoms with van der Waals surface area (Å²) >= 11 is 0. The molecule has 1 aliphatic carbocycles. The molecule has 0 spiro atoms. The topological polar surface area (TPSA) is 109 Å². The van der Waals surface area contributed by atoms with Crippen molar-refractivity contribution in [3.8, 4) is 0 Å². The number of hydrogen-bond donors (Lipinski definition) is 3. The summed E-state index contributed by atoms with van der Waals surface area (Å²) in [5.74, 6) is -1.12. The van der Waals surface area contributed by atoms with Crippen molar-refractivity contribution in [3.05, 3.63) is 11.9 Å². The maximum absolute atomic E-state index is 11.6. The summed E-state index contributed by atoms with van der Waals surface area (Å²) in [5.41, 5.74) is 0.145. The minimum absolute atomic E-state index is 0.104. The lowest BCUT2D eigenvalue weighted by atomic mass is 9.70. The van der Waals surface area contributed by atoms with E-state index >= 15 is 0 Å². The van der Waals surface area contributed by atoms with E-state index in [1.54, 1.807) is 0 Å². The Morgan fingerprint density at radius 2 is 2.20 bits per heavy atom. The lowest BCUT2D eigenvalue weighted by Crippen LogP contribution is -2.44. The summed E-state index contributed by atoms with van der Waals surface area (Å²) in [7, 11) is 0. The number of nitrogens with zero attached hydrogens (tertiary/aromatic N) is 3. The number of urea groups is 1. The van der Waals surface area contributed by atoms with Gasteiger partial charge in [-0.05, 0) is 18.3 Å². The number of amides is 2. The van der Waals surface area contributed by atoms with Crippen LogP contribution in [0, 0.1) is 5.41 Å². The molecule has 1 aliphatic rings. The van der Waals surface area contributed by atoms with Crippen LogP contribution in [0.1, 0.15) is 36.7 Å². The molecule has 2 amide bonds. The molecule has 3 N–H and O–H groups in total. The van der Waals surface area contributed by atoms with E-state index in [9.17, 15) is 9.59 Å². The van der Waals surface area contributed by atoms with Crippen LogP contribution in [-0.2, 0) is 6.54 Å². The van der Waals surface area contributed by atoms with Gasteiger partial charge in [0.05, 0.1) is 12.7 Å². The van der Waals surface area contributed by atoms with E-state index in [4.69, 9.17) is 5.11 Å². The molecule has 1 aromatic rings. The van der Waals surface area contributed by atoms with E-state index in [1.807, 2.05) is 0 Å². The molecule has 20 heavy (non-hydrogen) atoms. The Kier molecular flexibility index (Phi) is 4.21. The summed E-state index contributed by atoms with van der Waals surface area (Å²) in [6.45, 7) is 3.60. The second-order valence-electron chi connectivity index (χ2n) is 5.45. The van der Waals surface area contributed by atoms with Crippen molar-refractivity contribution in [2.45, 2.75) is 32.7 Å². The van der Waals surface area contributed by atoms with Crippen LogP contribution in [0.3, 0.4) is 0 Å². The monoisotopic (exact) mass is 281 g/mol. The number of carbonyl (C=O) groups excluding carboxylic acids is 1. The van der Waals surface area contributed by atoms with Gasteiger partial charge in [-0.1, -0.05) is 18.6 Å². The number of aromatic nitrogens is 3. The van der Waals surface area contributed by atoms with Crippen LogP contribution in [0.2, 0.25) is 0 Å². The minimum atomic E-state index is -1.12. The maximum Gasteiger partial charge on any atom is 0.358 e. The SMILES string of the molecule is CC1(CNC(=O)NCCn2cc(C(=O)O)nn2)CCC1. The zero-order chi connectivity index (χ0) is 14.6. The number of carbonyl (C=O) groups is 2. The lowest BCUT2D eigenvalue weighted by molar-refractivity contribution is 0.0690. The molecule has 0 atom stereocenters. The van der Waals surface area contributed by atoms with E-state index in [1.165, 1.54) is 17.3 Å². The average Bonchev–Trinajstić information content (AvgIpc) is 2.83. The summed E-state index contributed by atoms with van der Waals surface area (Å²) in [5, 5.41) is 21.4. The summed E-state index contributed by atoms with van der Waals surface area (Å²) in [6.07, 6.45) is 4.88. The molecule has 0 saturated heterocycles. The minimum Gasteiger partial charge on any atom is -0.476 e. The normalized spacial score (nSPS) is 16.2. The Morgan fingerprint density at radius 1 is 1.45 bits per heavy atom. The third kappa shape index (κ3) is 3.69. The van der Waals surface area contributed by atoms with Gasteiger partial charge < -0.3 is 15.7 Å². The molecule has 110 valence electrons. The number of nitrogens with one attached hydrogen (secondary N) is 2. The van der Waals surface area contributed by atoms with E-state index in [-0.39, 0.29) is 17.1 Å². The summed E-state index contributed by atoms with van der Waals surface area (Å²) in [4.78, 5) is 22.2. The van der Waals surface area contributed by atoms with Crippen molar-refractivity contribution in [2.24, 2.45) is 5.41 Å². The van der Waals surface area contributed by atoms with Crippen LogP contribution < -0.4 is 10.6 Å². The van der Waals surface area contributed by atoms with Crippen molar-refractivity contribution in [1.29, 1.82) is 0 Å². The second kappa shape index (κ2) is 5.89. The predicted molar refractivity (Wildman–Crippen MR) is 70.3 cm³/mol. The van der Waals surface area contributed by atoms with Gasteiger partial charge in [0.25, 0.3) is 0 Å². The highest BCUT2D eigenvalue weighted by molar-refractivity contribution is 5.84. The molecule has 2 rings (SSSR count). The van der Waals surface area contributed by atoms with Crippen LogP contribution in [0.4, 0.5) is 4.79 Å². The third-order valence-corrected chi connectivity index (χ3v) is 3.62. The molecule has 0 aromatic carbocycles. The zero-order valence-electron chi connectivity index (χ0n) is 11.4. The highest BCUT2D eigenvalue weighted by Crippen LogP contribution is 2.39. The van der Waals surface area contributed by atoms with Gasteiger partial charge in [0.2, 0.25) is 0 Å². The zero-order valence-corrected chi connectivity index (χ0v) is 11.4. The first-order chi connectivity index (χ1) is 9.48. The number of hydrogen-bond acceptors (Lipinski definition) is 4. The Labute approximate surface area is 116 Å². The van der Waals surface area contributed by atoms with Gasteiger partial charge in [0, 0.05) is 13.1 Å². The Morgan fingerprint density at radius 3 is 2.75 bits per heavy atom. The Balaban J connectivity index is 1.64. The van der Waals surface area contributed by atoms with Crippen molar-refractivity contribution >= 4 is 12.0 Å². The lowest BCUT2D eigenvalue weighted by Gasteiger charge is -2.38. The fourth-order valence-electron chi connectivity index (χ4n) is 2.10. The smallest absolute Gasteiger partial charge is 0.358 e. The molecule has 0 aliphatic heterocycles. The number of carboxylic acids is 1. The van der Waals surface area contributed by atoms with Gasteiger partial charge in [-0.3, -0.25) is 0 Å². The van der Waals surface area contributed by atoms with Crippen LogP contribution in [0.15, 0.2) is 6.20 Å². The fraction of sp³-hybridized carbons (Fsp3) is 0.667. The molecular formula is C12H19N5O3. The second-order valence-corrected chi connectivity index (χ2v) is 5.45. The highest BCUT2D eigenvalue weighted by Gasteiger charge is 2.31. The molecule has 1 fully saturated rings.